The maximum atomic E-state index is 5.37. The van der Waals surface area contributed by atoms with Crippen molar-refractivity contribution in [3.8, 4) is 0 Å². The fraction of sp³-hybridized carbons (Fsp3) is 0.875. The molecule has 0 aliphatic carbocycles. The van der Waals surface area contributed by atoms with Gasteiger partial charge >= 0.3 is 0 Å². The lowest BCUT2D eigenvalue weighted by molar-refractivity contribution is -0.00227. The Balaban J connectivity index is 0. The molecule has 20 heavy (non-hydrogen) atoms. The molecule has 0 N–H and O–H groups in total. The molecule has 0 rings (SSSR count). The maximum Gasteiger partial charge on any atom is 0.0701 e. The Morgan fingerprint density at radius 1 is 0.500 bits per heavy atom. The van der Waals surface area contributed by atoms with Gasteiger partial charge in [-0.2, -0.15) is 0 Å². The van der Waals surface area contributed by atoms with Crippen molar-refractivity contribution in [2.75, 3.05) is 52.9 Å². The van der Waals surface area contributed by atoms with E-state index in [-0.39, 0.29) is 0 Å². The highest BCUT2D eigenvalue weighted by Gasteiger charge is 1.92. The smallest absolute Gasteiger partial charge is 0.0701 e. The maximum absolute atomic E-state index is 5.37. The van der Waals surface area contributed by atoms with Gasteiger partial charge in [-0.15, -0.1) is 13.2 Å². The summed E-state index contributed by atoms with van der Waals surface area (Å²) >= 11 is 0. The summed E-state index contributed by atoms with van der Waals surface area (Å²) < 4.78 is 21.5. The zero-order valence-electron chi connectivity index (χ0n) is 13.5. The van der Waals surface area contributed by atoms with Gasteiger partial charge < -0.3 is 18.9 Å². The van der Waals surface area contributed by atoms with E-state index in [1.54, 1.807) is 0 Å². The second kappa shape index (κ2) is 23.7. The Hall–Kier alpha value is -0.420. The average molecular weight is 290 g/mol. The first-order valence-electron chi connectivity index (χ1n) is 7.72. The van der Waals surface area contributed by atoms with Crippen LogP contribution in [0.2, 0.25) is 0 Å². The second-order valence-corrected chi connectivity index (χ2v) is 4.16. The Kier molecular flexibility index (Phi) is 25.9. The van der Waals surface area contributed by atoms with Crippen LogP contribution in [0.5, 0.6) is 0 Å². The number of hydrogen-bond acceptors (Lipinski definition) is 4. The third-order valence-corrected chi connectivity index (χ3v) is 2.40. The van der Waals surface area contributed by atoms with Crippen molar-refractivity contribution in [1.29, 1.82) is 0 Å². The van der Waals surface area contributed by atoms with E-state index in [0.29, 0.717) is 39.6 Å². The standard InChI is InChI=1S/C14H30O4.C2H4/c1-3-5-7-15-9-11-17-13-14-18-12-10-16-8-6-4-2;1-2/h3-14H2,1-2H3;1-2H2. The molecule has 0 atom stereocenters. The molecule has 0 aliphatic heterocycles. The Labute approximate surface area is 125 Å². The van der Waals surface area contributed by atoms with Crippen molar-refractivity contribution in [3.05, 3.63) is 13.2 Å². The summed E-state index contributed by atoms with van der Waals surface area (Å²) in [7, 11) is 0. The third-order valence-electron chi connectivity index (χ3n) is 2.40. The van der Waals surface area contributed by atoms with E-state index >= 15 is 0 Å². The Morgan fingerprint density at radius 3 is 1.00 bits per heavy atom. The predicted octanol–water partition coefficient (Wildman–Crippen LogP) is 3.46. The van der Waals surface area contributed by atoms with Crippen molar-refractivity contribution >= 4 is 0 Å². The van der Waals surface area contributed by atoms with Gasteiger partial charge in [0.25, 0.3) is 0 Å². The predicted molar refractivity (Wildman–Crippen MR) is 84.3 cm³/mol. The molecule has 4 nitrogen and oxygen atoms in total. The van der Waals surface area contributed by atoms with E-state index < -0.39 is 0 Å². The summed E-state index contributed by atoms with van der Waals surface area (Å²) in [4.78, 5) is 0. The van der Waals surface area contributed by atoms with Gasteiger partial charge in [-0.3, -0.25) is 0 Å². The molecule has 0 amide bonds. The quantitative estimate of drug-likeness (QED) is 0.342. The lowest BCUT2D eigenvalue weighted by atomic mass is 10.4. The van der Waals surface area contributed by atoms with Crippen molar-refractivity contribution < 1.29 is 18.9 Å². The largest absolute Gasteiger partial charge is 0.379 e. The van der Waals surface area contributed by atoms with Crippen molar-refractivity contribution in [1.82, 2.24) is 0 Å². The van der Waals surface area contributed by atoms with Gasteiger partial charge in [0.2, 0.25) is 0 Å². The summed E-state index contributed by atoms with van der Waals surface area (Å²) in [5, 5.41) is 0. The van der Waals surface area contributed by atoms with Crippen LogP contribution in [0.15, 0.2) is 13.2 Å². The first-order chi connectivity index (χ1) is 9.91. The highest BCUT2D eigenvalue weighted by molar-refractivity contribution is 4.36. The third kappa shape index (κ3) is 22.7. The molecule has 0 saturated carbocycles. The van der Waals surface area contributed by atoms with Gasteiger partial charge in [-0.05, 0) is 12.8 Å². The zero-order valence-corrected chi connectivity index (χ0v) is 13.5. The highest BCUT2D eigenvalue weighted by Crippen LogP contribution is 1.89. The Bertz CT molecular complexity index is 137. The SMILES string of the molecule is C=C.CCCCOCCOCCOCCOCCCC. The molecule has 0 radical (unpaired) electrons. The van der Waals surface area contributed by atoms with Crippen molar-refractivity contribution in [2.24, 2.45) is 0 Å². The van der Waals surface area contributed by atoms with Gasteiger partial charge in [0, 0.05) is 13.2 Å². The summed E-state index contributed by atoms with van der Waals surface area (Å²) in [6.45, 7) is 15.9. The molecule has 0 aromatic carbocycles. The fourth-order valence-electron chi connectivity index (χ4n) is 1.25. The minimum Gasteiger partial charge on any atom is -0.379 e. The van der Waals surface area contributed by atoms with Crippen LogP contribution in [0, 0.1) is 0 Å². The number of unbranched alkanes of at least 4 members (excludes halogenated alkanes) is 2. The van der Waals surface area contributed by atoms with Gasteiger partial charge in [0.05, 0.1) is 39.6 Å². The average Bonchev–Trinajstić information content (AvgIpc) is 2.50. The molecule has 0 bridgehead atoms. The summed E-state index contributed by atoms with van der Waals surface area (Å²) in [6, 6.07) is 0. The fourth-order valence-corrected chi connectivity index (χ4v) is 1.25. The van der Waals surface area contributed by atoms with Crippen LogP contribution >= 0.6 is 0 Å². The second-order valence-electron chi connectivity index (χ2n) is 4.16. The van der Waals surface area contributed by atoms with E-state index in [9.17, 15) is 0 Å². The monoisotopic (exact) mass is 290 g/mol. The minimum atomic E-state index is 0.631. The first kappa shape index (κ1) is 21.9. The summed E-state index contributed by atoms with van der Waals surface area (Å²) in [6.07, 6.45) is 4.60. The topological polar surface area (TPSA) is 36.9 Å². The number of rotatable bonds is 15. The first-order valence-corrected chi connectivity index (χ1v) is 7.72. The Morgan fingerprint density at radius 2 is 0.750 bits per heavy atom. The van der Waals surface area contributed by atoms with Crippen LogP contribution in [0.4, 0.5) is 0 Å². The van der Waals surface area contributed by atoms with Crippen LogP contribution in [0.25, 0.3) is 0 Å². The van der Waals surface area contributed by atoms with Crippen molar-refractivity contribution in [3.63, 3.8) is 0 Å². The van der Waals surface area contributed by atoms with Crippen LogP contribution in [-0.4, -0.2) is 52.9 Å². The molecule has 0 aliphatic rings. The van der Waals surface area contributed by atoms with Gasteiger partial charge in [0.15, 0.2) is 0 Å². The lowest BCUT2D eigenvalue weighted by Crippen LogP contribution is -2.12. The van der Waals surface area contributed by atoms with E-state index in [2.05, 4.69) is 27.0 Å². The zero-order chi connectivity index (χ0) is 15.3. The van der Waals surface area contributed by atoms with E-state index in [0.717, 1.165) is 26.1 Å². The molecule has 122 valence electrons. The van der Waals surface area contributed by atoms with E-state index in [4.69, 9.17) is 18.9 Å². The normalized spacial score (nSPS) is 10.1. The molecule has 0 heterocycles. The number of ether oxygens (including phenoxy) is 4. The van der Waals surface area contributed by atoms with E-state index in [1.807, 2.05) is 0 Å². The van der Waals surface area contributed by atoms with E-state index in [1.165, 1.54) is 12.8 Å². The van der Waals surface area contributed by atoms with Crippen molar-refractivity contribution in [2.45, 2.75) is 39.5 Å². The molecule has 0 aromatic rings. The van der Waals surface area contributed by atoms with Crippen LogP contribution in [0.3, 0.4) is 0 Å². The molecule has 0 unspecified atom stereocenters. The van der Waals surface area contributed by atoms with Gasteiger partial charge in [-0.25, -0.2) is 0 Å². The molecule has 0 aromatic heterocycles. The highest BCUT2D eigenvalue weighted by atomic mass is 16.6. The molecule has 0 spiro atoms. The molecule has 0 fully saturated rings. The summed E-state index contributed by atoms with van der Waals surface area (Å²) in [5.74, 6) is 0. The van der Waals surface area contributed by atoms with Crippen LogP contribution in [-0.2, 0) is 18.9 Å². The molecular formula is C16H34O4. The van der Waals surface area contributed by atoms with Crippen LogP contribution < -0.4 is 0 Å². The lowest BCUT2D eigenvalue weighted by Gasteiger charge is -2.07. The summed E-state index contributed by atoms with van der Waals surface area (Å²) in [5.41, 5.74) is 0. The molecule has 0 saturated heterocycles. The molecule has 4 heteroatoms. The van der Waals surface area contributed by atoms with Gasteiger partial charge in [-0.1, -0.05) is 26.7 Å². The van der Waals surface area contributed by atoms with Crippen LogP contribution in [0.1, 0.15) is 39.5 Å². The number of hydrogen-bond donors (Lipinski definition) is 0. The minimum absolute atomic E-state index is 0.631. The molecular weight excluding hydrogens is 256 g/mol. The van der Waals surface area contributed by atoms with Gasteiger partial charge in [0.1, 0.15) is 0 Å².